The van der Waals surface area contributed by atoms with Gasteiger partial charge >= 0.3 is 0 Å². The number of halogens is 1. The number of likely N-dealkylation sites (N-methyl/N-ethyl adjacent to an activating group) is 1. The molecule has 5 nitrogen and oxygen atoms in total. The highest BCUT2D eigenvalue weighted by molar-refractivity contribution is 5.85. The maximum Gasteiger partial charge on any atom is 0.239 e. The van der Waals surface area contributed by atoms with Gasteiger partial charge in [-0.15, -0.1) is 12.4 Å². The molecule has 6 heteroatoms. The van der Waals surface area contributed by atoms with E-state index in [9.17, 15) is 4.79 Å². The highest BCUT2D eigenvalue weighted by atomic mass is 35.5. The Morgan fingerprint density at radius 2 is 2.14 bits per heavy atom. The molecule has 0 radical (unpaired) electrons. The van der Waals surface area contributed by atoms with E-state index in [0.717, 1.165) is 42.9 Å². The van der Waals surface area contributed by atoms with E-state index < -0.39 is 0 Å². The van der Waals surface area contributed by atoms with Crippen LogP contribution >= 0.6 is 12.4 Å². The van der Waals surface area contributed by atoms with Crippen molar-refractivity contribution in [2.24, 2.45) is 0 Å². The molecule has 1 aromatic carbocycles. The van der Waals surface area contributed by atoms with Gasteiger partial charge in [0.25, 0.3) is 0 Å². The third-order valence-corrected chi connectivity index (χ3v) is 3.84. The Bertz CT molecular complexity index is 504. The summed E-state index contributed by atoms with van der Waals surface area (Å²) in [7, 11) is 1.85. The fourth-order valence-corrected chi connectivity index (χ4v) is 2.72. The monoisotopic (exact) mass is 312 g/mol. The molecule has 0 aliphatic carbocycles. The Kier molecular flexibility index (Phi) is 5.31. The van der Waals surface area contributed by atoms with Crippen LogP contribution in [-0.2, 0) is 11.3 Å². The van der Waals surface area contributed by atoms with Gasteiger partial charge in [0.15, 0.2) is 11.5 Å². The zero-order valence-corrected chi connectivity index (χ0v) is 12.9. The topological polar surface area (TPSA) is 50.8 Å². The molecule has 1 atom stereocenters. The summed E-state index contributed by atoms with van der Waals surface area (Å²) >= 11 is 0. The molecule has 2 heterocycles. The Morgan fingerprint density at radius 1 is 1.33 bits per heavy atom. The van der Waals surface area contributed by atoms with Crippen molar-refractivity contribution in [3.63, 3.8) is 0 Å². The van der Waals surface area contributed by atoms with Crippen LogP contribution in [0.25, 0.3) is 0 Å². The molecule has 0 saturated carbocycles. The Morgan fingerprint density at radius 3 is 2.90 bits per heavy atom. The van der Waals surface area contributed by atoms with E-state index in [0.29, 0.717) is 6.54 Å². The smallest absolute Gasteiger partial charge is 0.239 e. The summed E-state index contributed by atoms with van der Waals surface area (Å²) in [5.41, 5.74) is 1.06. The van der Waals surface area contributed by atoms with Gasteiger partial charge in [-0.05, 0) is 37.1 Å². The lowest BCUT2D eigenvalue weighted by Gasteiger charge is -2.27. The first-order valence-corrected chi connectivity index (χ1v) is 7.11. The molecule has 1 N–H and O–H groups in total. The van der Waals surface area contributed by atoms with Gasteiger partial charge in [-0.25, -0.2) is 0 Å². The van der Waals surface area contributed by atoms with E-state index in [1.54, 1.807) is 4.90 Å². The van der Waals surface area contributed by atoms with Gasteiger partial charge in [0, 0.05) is 13.6 Å². The number of carbonyl (C=O) groups is 1. The van der Waals surface area contributed by atoms with E-state index in [1.165, 1.54) is 0 Å². The number of amides is 1. The molecule has 1 saturated heterocycles. The second-order valence-electron chi connectivity index (χ2n) is 5.38. The molecule has 0 spiro atoms. The molecule has 116 valence electrons. The fraction of sp³-hybridized carbons (Fsp3) is 0.533. The Balaban J connectivity index is 0.00000161. The fourth-order valence-electron chi connectivity index (χ4n) is 2.72. The van der Waals surface area contributed by atoms with Crippen LogP contribution in [-0.4, -0.2) is 37.2 Å². The first-order valence-electron chi connectivity index (χ1n) is 7.11. The Labute approximate surface area is 131 Å². The van der Waals surface area contributed by atoms with Crippen LogP contribution in [0, 0.1) is 0 Å². The number of hydrogen-bond donors (Lipinski definition) is 1. The van der Waals surface area contributed by atoms with Crippen molar-refractivity contribution in [3.05, 3.63) is 23.8 Å². The number of ether oxygens (including phenoxy) is 2. The van der Waals surface area contributed by atoms with E-state index in [-0.39, 0.29) is 31.1 Å². The van der Waals surface area contributed by atoms with Crippen molar-refractivity contribution in [3.8, 4) is 11.5 Å². The van der Waals surface area contributed by atoms with Crippen molar-refractivity contribution in [1.29, 1.82) is 0 Å². The summed E-state index contributed by atoms with van der Waals surface area (Å²) in [4.78, 5) is 14.1. The first-order chi connectivity index (χ1) is 9.74. The molecule has 0 aromatic heterocycles. The third-order valence-electron chi connectivity index (χ3n) is 3.84. The first kappa shape index (κ1) is 15.9. The summed E-state index contributed by atoms with van der Waals surface area (Å²) in [5, 5.41) is 3.29. The van der Waals surface area contributed by atoms with Crippen LogP contribution in [0.1, 0.15) is 24.8 Å². The molecule has 2 aliphatic rings. The molecule has 1 amide bonds. The van der Waals surface area contributed by atoms with Crippen LogP contribution in [0.3, 0.4) is 0 Å². The van der Waals surface area contributed by atoms with Crippen molar-refractivity contribution < 1.29 is 14.3 Å². The summed E-state index contributed by atoms with van der Waals surface area (Å²) < 4.78 is 10.6. The average molecular weight is 313 g/mol. The van der Waals surface area contributed by atoms with Crippen molar-refractivity contribution in [1.82, 2.24) is 10.2 Å². The number of fused-ring (bicyclic) bond motifs is 1. The van der Waals surface area contributed by atoms with Crippen molar-refractivity contribution in [2.75, 3.05) is 20.4 Å². The third kappa shape index (κ3) is 3.60. The predicted molar refractivity (Wildman–Crippen MR) is 81.9 cm³/mol. The van der Waals surface area contributed by atoms with E-state index in [4.69, 9.17) is 9.47 Å². The minimum atomic E-state index is -0.0252. The van der Waals surface area contributed by atoms with Gasteiger partial charge in [0.2, 0.25) is 12.7 Å². The van der Waals surface area contributed by atoms with Gasteiger partial charge < -0.3 is 19.7 Å². The van der Waals surface area contributed by atoms with Crippen molar-refractivity contribution >= 4 is 18.3 Å². The van der Waals surface area contributed by atoms with Crippen LogP contribution in [0.4, 0.5) is 0 Å². The number of hydrogen-bond acceptors (Lipinski definition) is 4. The van der Waals surface area contributed by atoms with E-state index >= 15 is 0 Å². The molecule has 0 bridgehead atoms. The van der Waals surface area contributed by atoms with E-state index in [1.807, 2.05) is 25.2 Å². The minimum Gasteiger partial charge on any atom is -0.454 e. The maximum absolute atomic E-state index is 12.3. The average Bonchev–Trinajstić information content (AvgIpc) is 2.95. The van der Waals surface area contributed by atoms with E-state index in [2.05, 4.69) is 5.32 Å². The second-order valence-corrected chi connectivity index (χ2v) is 5.38. The molecule has 1 unspecified atom stereocenters. The maximum atomic E-state index is 12.3. The van der Waals surface area contributed by atoms with Gasteiger partial charge in [0.05, 0.1) is 6.04 Å². The minimum absolute atomic E-state index is 0. The molecule has 3 rings (SSSR count). The zero-order valence-electron chi connectivity index (χ0n) is 12.1. The number of benzene rings is 1. The Hall–Kier alpha value is -1.46. The van der Waals surface area contributed by atoms with Crippen molar-refractivity contribution in [2.45, 2.75) is 31.8 Å². The number of nitrogens with zero attached hydrogens (tertiary/aromatic N) is 1. The van der Waals surface area contributed by atoms with Gasteiger partial charge in [-0.1, -0.05) is 12.5 Å². The standard InChI is InChI=1S/C15H20N2O3.ClH/c1-17(15(18)12-4-2-3-7-16-12)9-11-5-6-13-14(8-11)20-10-19-13;/h5-6,8,12,16H,2-4,7,9-10H2,1H3;1H. The molecule has 1 fully saturated rings. The van der Waals surface area contributed by atoms with Crippen LogP contribution < -0.4 is 14.8 Å². The highest BCUT2D eigenvalue weighted by Gasteiger charge is 2.24. The van der Waals surface area contributed by atoms with Crippen LogP contribution in [0.15, 0.2) is 18.2 Å². The lowest BCUT2D eigenvalue weighted by Crippen LogP contribution is -2.46. The summed E-state index contributed by atoms with van der Waals surface area (Å²) in [6.07, 6.45) is 3.22. The normalized spacial score (nSPS) is 19.8. The zero-order chi connectivity index (χ0) is 13.9. The summed E-state index contributed by atoms with van der Waals surface area (Å²) in [6.45, 7) is 1.81. The second kappa shape index (κ2) is 7.00. The SMILES string of the molecule is CN(Cc1ccc2c(c1)OCO2)C(=O)C1CCCCN1.Cl. The highest BCUT2D eigenvalue weighted by Crippen LogP contribution is 2.32. The number of rotatable bonds is 3. The molecule has 21 heavy (non-hydrogen) atoms. The number of nitrogens with one attached hydrogen (secondary N) is 1. The lowest BCUT2D eigenvalue weighted by atomic mass is 10.0. The van der Waals surface area contributed by atoms with Crippen LogP contribution in [0.2, 0.25) is 0 Å². The predicted octanol–water partition coefficient (Wildman–Crippen LogP) is 1.94. The van der Waals surface area contributed by atoms with Crippen LogP contribution in [0.5, 0.6) is 11.5 Å². The molecule has 1 aromatic rings. The molecular weight excluding hydrogens is 292 g/mol. The van der Waals surface area contributed by atoms with Gasteiger partial charge in [-0.2, -0.15) is 0 Å². The molecule has 2 aliphatic heterocycles. The number of piperidine rings is 1. The summed E-state index contributed by atoms with van der Waals surface area (Å²) in [5.74, 6) is 1.71. The lowest BCUT2D eigenvalue weighted by molar-refractivity contribution is -0.133. The molecular formula is C15H21ClN2O3. The summed E-state index contributed by atoms with van der Waals surface area (Å²) in [6, 6.07) is 5.80. The number of carbonyl (C=O) groups excluding carboxylic acids is 1. The largest absolute Gasteiger partial charge is 0.454 e. The quantitative estimate of drug-likeness (QED) is 0.926. The van der Waals surface area contributed by atoms with Gasteiger partial charge in [0.1, 0.15) is 0 Å². The van der Waals surface area contributed by atoms with Gasteiger partial charge in [-0.3, -0.25) is 4.79 Å².